The minimum absolute atomic E-state index is 0.120. The van der Waals surface area contributed by atoms with E-state index in [4.69, 9.17) is 4.74 Å². The van der Waals surface area contributed by atoms with E-state index < -0.39 is 5.97 Å². The van der Waals surface area contributed by atoms with E-state index in [2.05, 4.69) is 38.4 Å². The molecular weight excluding hydrogens is 481 g/mol. The predicted octanol–water partition coefficient (Wildman–Crippen LogP) is 4.07. The quantitative estimate of drug-likeness (QED) is 0.169. The van der Waals surface area contributed by atoms with Crippen molar-refractivity contribution in [1.29, 1.82) is 0 Å². The Balaban J connectivity index is 1.48. The van der Waals surface area contributed by atoms with Crippen molar-refractivity contribution in [3.8, 4) is 5.75 Å². The second kappa shape index (κ2) is 10.4. The number of rotatable bonds is 7. The van der Waals surface area contributed by atoms with E-state index in [0.717, 1.165) is 14.8 Å². The predicted molar refractivity (Wildman–Crippen MR) is 121 cm³/mol. The molecule has 0 atom stereocenters. The van der Waals surface area contributed by atoms with Gasteiger partial charge in [-0.2, -0.15) is 5.10 Å². The Morgan fingerprint density at radius 1 is 0.931 bits per heavy atom. The maximum absolute atomic E-state index is 12.2. The van der Waals surface area contributed by atoms with Gasteiger partial charge in [-0.15, -0.1) is 0 Å². The first-order chi connectivity index (χ1) is 14.1. The number of para-hydroxylation sites is 1. The third kappa shape index (κ3) is 6.42. The molecule has 3 aromatic rings. The number of carbonyl (C=O) groups is 2. The van der Waals surface area contributed by atoms with Gasteiger partial charge in [-0.3, -0.25) is 4.79 Å². The summed E-state index contributed by atoms with van der Waals surface area (Å²) in [4.78, 5) is 24.0. The topological polar surface area (TPSA) is 79.8 Å². The fourth-order valence-electron chi connectivity index (χ4n) is 2.37. The molecule has 0 spiro atoms. The van der Waals surface area contributed by atoms with Crippen LogP contribution < -0.4 is 15.5 Å². The molecule has 0 saturated heterocycles. The molecule has 6 nitrogen and oxygen atoms in total. The van der Waals surface area contributed by atoms with Gasteiger partial charge in [0.1, 0.15) is 5.75 Å². The van der Waals surface area contributed by atoms with Crippen LogP contribution in [0.3, 0.4) is 0 Å². The van der Waals surface area contributed by atoms with Crippen LogP contribution in [0.1, 0.15) is 15.9 Å². The van der Waals surface area contributed by atoms with Crippen LogP contribution in [0.25, 0.3) is 0 Å². The molecule has 0 bridgehead atoms. The van der Waals surface area contributed by atoms with Gasteiger partial charge >= 0.3 is 5.97 Å². The van der Waals surface area contributed by atoms with Gasteiger partial charge in [-0.25, -0.2) is 10.2 Å². The standard InChI is InChI=1S/C22H18IN3O3/c23-20-9-5-4-8-19(20)22(28)29-18-12-10-16(11-13-18)14-25-26-21(27)15-24-17-6-2-1-3-7-17/h1-14,24H,15H2,(H,26,27). The number of halogens is 1. The molecule has 0 aromatic heterocycles. The first kappa shape index (κ1) is 20.5. The van der Waals surface area contributed by atoms with E-state index in [-0.39, 0.29) is 12.5 Å². The van der Waals surface area contributed by atoms with Gasteiger partial charge in [-0.1, -0.05) is 30.3 Å². The Morgan fingerprint density at radius 3 is 2.34 bits per heavy atom. The van der Waals surface area contributed by atoms with Gasteiger partial charge in [0.2, 0.25) is 0 Å². The number of hydrazone groups is 1. The lowest BCUT2D eigenvalue weighted by Crippen LogP contribution is -2.25. The number of nitrogens with zero attached hydrogens (tertiary/aromatic N) is 1. The molecule has 0 aliphatic rings. The van der Waals surface area contributed by atoms with Crippen molar-refractivity contribution in [1.82, 2.24) is 5.43 Å². The number of anilines is 1. The summed E-state index contributed by atoms with van der Waals surface area (Å²) in [5.41, 5.74) is 4.60. The summed E-state index contributed by atoms with van der Waals surface area (Å²) < 4.78 is 6.22. The number of ether oxygens (including phenoxy) is 1. The van der Waals surface area contributed by atoms with Crippen LogP contribution in [-0.2, 0) is 4.79 Å². The number of amides is 1. The van der Waals surface area contributed by atoms with Crippen molar-refractivity contribution in [3.05, 3.63) is 93.6 Å². The fraction of sp³-hybridized carbons (Fsp3) is 0.0455. The SMILES string of the molecule is O=C(CNc1ccccc1)NN=Cc1ccc(OC(=O)c2ccccc2I)cc1. The van der Waals surface area contributed by atoms with Crippen LogP contribution in [0.4, 0.5) is 5.69 Å². The third-order valence-corrected chi connectivity index (χ3v) is 4.75. The fourth-order valence-corrected chi connectivity index (χ4v) is 2.97. The third-order valence-electron chi connectivity index (χ3n) is 3.81. The van der Waals surface area contributed by atoms with Gasteiger partial charge in [0.05, 0.1) is 18.3 Å². The number of carbonyl (C=O) groups excluding carboxylic acids is 2. The van der Waals surface area contributed by atoms with Crippen molar-refractivity contribution >= 4 is 46.4 Å². The van der Waals surface area contributed by atoms with Crippen LogP contribution in [-0.4, -0.2) is 24.6 Å². The average molecular weight is 499 g/mol. The number of hydrogen-bond donors (Lipinski definition) is 2. The highest BCUT2D eigenvalue weighted by atomic mass is 127. The van der Waals surface area contributed by atoms with E-state index in [1.165, 1.54) is 6.21 Å². The van der Waals surface area contributed by atoms with Gasteiger partial charge in [0, 0.05) is 9.26 Å². The van der Waals surface area contributed by atoms with Crippen molar-refractivity contribution in [2.75, 3.05) is 11.9 Å². The highest BCUT2D eigenvalue weighted by Crippen LogP contribution is 2.17. The summed E-state index contributed by atoms with van der Waals surface area (Å²) >= 11 is 2.10. The Morgan fingerprint density at radius 2 is 1.62 bits per heavy atom. The van der Waals surface area contributed by atoms with Crippen LogP contribution in [0.5, 0.6) is 5.75 Å². The molecule has 0 fully saturated rings. The van der Waals surface area contributed by atoms with Crippen molar-refractivity contribution in [2.45, 2.75) is 0 Å². The molecule has 0 saturated carbocycles. The molecule has 3 rings (SSSR count). The van der Waals surface area contributed by atoms with Crippen molar-refractivity contribution in [3.63, 3.8) is 0 Å². The molecule has 146 valence electrons. The second-order valence-corrected chi connectivity index (χ2v) is 7.11. The molecule has 0 radical (unpaired) electrons. The Bertz CT molecular complexity index is 1010. The first-order valence-electron chi connectivity index (χ1n) is 8.79. The van der Waals surface area contributed by atoms with Gasteiger partial charge in [0.25, 0.3) is 5.91 Å². The molecule has 0 unspecified atom stereocenters. The van der Waals surface area contributed by atoms with E-state index >= 15 is 0 Å². The molecule has 2 N–H and O–H groups in total. The van der Waals surface area contributed by atoms with E-state index in [1.54, 1.807) is 36.4 Å². The zero-order valence-electron chi connectivity index (χ0n) is 15.3. The van der Waals surface area contributed by atoms with Crippen LogP contribution in [0.15, 0.2) is 84.0 Å². The van der Waals surface area contributed by atoms with Crippen molar-refractivity contribution in [2.24, 2.45) is 5.10 Å². The van der Waals surface area contributed by atoms with E-state index in [0.29, 0.717) is 11.3 Å². The molecule has 0 aliphatic carbocycles. The Labute approximate surface area is 182 Å². The molecule has 0 heterocycles. The highest BCUT2D eigenvalue weighted by Gasteiger charge is 2.11. The average Bonchev–Trinajstić information content (AvgIpc) is 2.74. The second-order valence-electron chi connectivity index (χ2n) is 5.95. The molecule has 29 heavy (non-hydrogen) atoms. The number of nitrogens with one attached hydrogen (secondary N) is 2. The summed E-state index contributed by atoms with van der Waals surface area (Å²) in [6, 6.07) is 23.5. The molecular formula is C22H18IN3O3. The molecule has 7 heteroatoms. The lowest BCUT2D eigenvalue weighted by atomic mass is 10.2. The number of hydrogen-bond acceptors (Lipinski definition) is 5. The molecule has 0 aliphatic heterocycles. The van der Waals surface area contributed by atoms with Gasteiger partial charge in [-0.05, 0) is 76.7 Å². The number of esters is 1. The summed E-state index contributed by atoms with van der Waals surface area (Å²) in [5, 5.41) is 6.93. The Kier molecular flexibility index (Phi) is 7.34. The van der Waals surface area contributed by atoms with E-state index in [1.807, 2.05) is 42.5 Å². The molecule has 1 amide bonds. The minimum atomic E-state index is -0.408. The lowest BCUT2D eigenvalue weighted by Gasteiger charge is -2.06. The normalized spacial score (nSPS) is 10.5. The number of benzene rings is 3. The summed E-state index contributed by atoms with van der Waals surface area (Å²) in [6.45, 7) is 0.120. The maximum atomic E-state index is 12.2. The highest BCUT2D eigenvalue weighted by molar-refractivity contribution is 14.1. The van der Waals surface area contributed by atoms with Crippen molar-refractivity contribution < 1.29 is 14.3 Å². The zero-order valence-corrected chi connectivity index (χ0v) is 17.5. The zero-order chi connectivity index (χ0) is 20.5. The summed E-state index contributed by atoms with van der Waals surface area (Å²) in [6.07, 6.45) is 1.52. The van der Waals surface area contributed by atoms with Crippen LogP contribution >= 0.6 is 22.6 Å². The van der Waals surface area contributed by atoms with Gasteiger partial charge < -0.3 is 10.1 Å². The minimum Gasteiger partial charge on any atom is -0.423 e. The molecule has 3 aromatic carbocycles. The smallest absolute Gasteiger partial charge is 0.344 e. The summed E-state index contributed by atoms with van der Waals surface area (Å²) in [5.74, 6) is -0.231. The van der Waals surface area contributed by atoms with Crippen LogP contribution in [0, 0.1) is 3.57 Å². The van der Waals surface area contributed by atoms with Gasteiger partial charge in [0.15, 0.2) is 0 Å². The lowest BCUT2D eigenvalue weighted by molar-refractivity contribution is -0.119. The first-order valence-corrected chi connectivity index (χ1v) is 9.87. The van der Waals surface area contributed by atoms with E-state index in [9.17, 15) is 9.59 Å². The Hall–Kier alpha value is -3.20. The largest absolute Gasteiger partial charge is 0.423 e. The monoisotopic (exact) mass is 499 g/mol. The summed E-state index contributed by atoms with van der Waals surface area (Å²) in [7, 11) is 0. The van der Waals surface area contributed by atoms with Crippen LogP contribution in [0.2, 0.25) is 0 Å². The maximum Gasteiger partial charge on any atom is 0.344 e.